The lowest BCUT2D eigenvalue weighted by molar-refractivity contribution is -0.153. The monoisotopic (exact) mass is 242 g/mol. The number of hydrogen-bond donors (Lipinski definition) is 2. The Kier molecular flexibility index (Phi) is 4.75. The molecule has 0 fully saturated rings. The van der Waals surface area contributed by atoms with Crippen molar-refractivity contribution >= 4 is 23.5 Å². The number of rotatable bonds is 7. The summed E-state index contributed by atoms with van der Waals surface area (Å²) in [6.45, 7) is 5.43. The molecule has 94 valence electrons. The summed E-state index contributed by atoms with van der Waals surface area (Å²) in [5.41, 5.74) is -2.71. The highest BCUT2D eigenvalue weighted by molar-refractivity contribution is 6.01. The molecule has 0 rings (SSSR count). The van der Waals surface area contributed by atoms with Crippen LogP contribution in [0.4, 0.5) is 0 Å². The second-order valence-corrected chi connectivity index (χ2v) is 3.93. The first-order chi connectivity index (χ1) is 7.63. The summed E-state index contributed by atoms with van der Waals surface area (Å²) < 4.78 is 0. The van der Waals surface area contributed by atoms with E-state index in [0.717, 1.165) is 13.8 Å². The van der Waals surface area contributed by atoms with E-state index < -0.39 is 47.3 Å². The second kappa shape index (κ2) is 5.38. The van der Waals surface area contributed by atoms with Crippen LogP contribution in [0.3, 0.4) is 0 Å². The van der Waals surface area contributed by atoms with Gasteiger partial charge in [0.2, 0.25) is 0 Å². The molecule has 0 aliphatic carbocycles. The molecular formula is C11H14O6. The lowest BCUT2D eigenvalue weighted by Crippen LogP contribution is -2.39. The van der Waals surface area contributed by atoms with Crippen LogP contribution < -0.4 is 0 Å². The number of carboxylic acids is 2. The fraction of sp³-hybridized carbons (Fsp3) is 0.455. The number of aliphatic carboxylic acids is 2. The first-order valence-corrected chi connectivity index (χ1v) is 4.78. The van der Waals surface area contributed by atoms with Crippen molar-refractivity contribution in [2.45, 2.75) is 26.7 Å². The van der Waals surface area contributed by atoms with Gasteiger partial charge in [-0.05, 0) is 13.8 Å². The topological polar surface area (TPSA) is 109 Å². The van der Waals surface area contributed by atoms with E-state index in [1.807, 2.05) is 0 Å². The van der Waals surface area contributed by atoms with Crippen LogP contribution in [0, 0.1) is 5.41 Å². The molecule has 6 heteroatoms. The molecule has 0 aromatic rings. The zero-order valence-electron chi connectivity index (χ0n) is 9.65. The lowest BCUT2D eigenvalue weighted by Gasteiger charge is -2.27. The van der Waals surface area contributed by atoms with Crippen LogP contribution in [0.25, 0.3) is 0 Å². The van der Waals surface area contributed by atoms with E-state index in [1.54, 1.807) is 0 Å². The van der Waals surface area contributed by atoms with Crippen LogP contribution in [0.1, 0.15) is 26.7 Å². The fourth-order valence-electron chi connectivity index (χ4n) is 1.61. The summed E-state index contributed by atoms with van der Waals surface area (Å²) in [6.07, 6.45) is -1.12. The number of Topliss-reactive ketones (excluding diaryl/α,β-unsaturated/α-hetero) is 2. The third-order valence-corrected chi connectivity index (χ3v) is 2.35. The van der Waals surface area contributed by atoms with Crippen molar-refractivity contribution in [3.63, 3.8) is 0 Å². The SMILES string of the molecule is C=C(C(=O)O)C(CC(C)=O)(CC(C)=O)C(=O)O. The molecule has 2 N–H and O–H groups in total. The minimum absolute atomic E-state index is 0.518. The van der Waals surface area contributed by atoms with Gasteiger partial charge in [-0.15, -0.1) is 0 Å². The van der Waals surface area contributed by atoms with E-state index >= 15 is 0 Å². The van der Waals surface area contributed by atoms with Crippen LogP contribution in [0.5, 0.6) is 0 Å². The maximum absolute atomic E-state index is 11.2. The zero-order valence-corrected chi connectivity index (χ0v) is 9.65. The first-order valence-electron chi connectivity index (χ1n) is 4.78. The molecule has 17 heavy (non-hydrogen) atoms. The standard InChI is InChI=1S/C11H14O6/c1-6(12)4-11(10(16)17,5-7(2)13)8(3)9(14)15/h3-5H2,1-2H3,(H,14,15)(H,16,17). The first kappa shape index (κ1) is 15.0. The van der Waals surface area contributed by atoms with Gasteiger partial charge in [0.15, 0.2) is 0 Å². The third-order valence-electron chi connectivity index (χ3n) is 2.35. The number of hydrogen-bond acceptors (Lipinski definition) is 4. The molecule has 0 atom stereocenters. The van der Waals surface area contributed by atoms with Crippen molar-refractivity contribution in [3.05, 3.63) is 12.2 Å². The van der Waals surface area contributed by atoms with Crippen LogP contribution in [0.2, 0.25) is 0 Å². The van der Waals surface area contributed by atoms with Gasteiger partial charge in [-0.2, -0.15) is 0 Å². The van der Waals surface area contributed by atoms with Crippen molar-refractivity contribution in [2.24, 2.45) is 5.41 Å². The maximum atomic E-state index is 11.2. The Balaban J connectivity index is 5.62. The predicted molar refractivity (Wildman–Crippen MR) is 57.4 cm³/mol. The van der Waals surface area contributed by atoms with Crippen molar-refractivity contribution in [1.82, 2.24) is 0 Å². The van der Waals surface area contributed by atoms with Crippen LogP contribution in [0.15, 0.2) is 12.2 Å². The van der Waals surface area contributed by atoms with Gasteiger partial charge in [-0.1, -0.05) is 6.58 Å². The average molecular weight is 242 g/mol. The molecule has 0 aromatic carbocycles. The summed E-state index contributed by atoms with van der Waals surface area (Å²) in [5, 5.41) is 17.9. The Morgan fingerprint density at radius 2 is 1.35 bits per heavy atom. The van der Waals surface area contributed by atoms with E-state index in [0.29, 0.717) is 0 Å². The smallest absolute Gasteiger partial charge is 0.332 e. The van der Waals surface area contributed by atoms with Gasteiger partial charge in [0.25, 0.3) is 0 Å². The minimum atomic E-state index is -2.05. The average Bonchev–Trinajstić information content (AvgIpc) is 2.13. The zero-order chi connectivity index (χ0) is 13.8. The Morgan fingerprint density at radius 1 is 1.00 bits per heavy atom. The van der Waals surface area contributed by atoms with Gasteiger partial charge < -0.3 is 10.2 Å². The Labute approximate surface area is 97.9 Å². The maximum Gasteiger partial charge on any atom is 0.332 e. The van der Waals surface area contributed by atoms with E-state index in [1.165, 1.54) is 0 Å². The Morgan fingerprint density at radius 3 is 1.53 bits per heavy atom. The van der Waals surface area contributed by atoms with Crippen LogP contribution >= 0.6 is 0 Å². The molecule has 0 spiro atoms. The molecule has 0 bridgehead atoms. The van der Waals surface area contributed by atoms with Gasteiger partial charge in [0, 0.05) is 18.4 Å². The predicted octanol–water partition coefficient (Wildman–Crippen LogP) is 0.656. The van der Waals surface area contributed by atoms with E-state index in [9.17, 15) is 19.2 Å². The number of carboxylic acid groups (broad SMARTS) is 2. The highest BCUT2D eigenvalue weighted by atomic mass is 16.4. The molecule has 0 amide bonds. The highest BCUT2D eigenvalue weighted by Gasteiger charge is 2.46. The Hall–Kier alpha value is -1.98. The van der Waals surface area contributed by atoms with Crippen LogP contribution in [-0.4, -0.2) is 33.7 Å². The fourth-order valence-corrected chi connectivity index (χ4v) is 1.61. The minimum Gasteiger partial charge on any atom is -0.481 e. The number of carbonyl (C=O) groups is 4. The lowest BCUT2D eigenvalue weighted by atomic mass is 9.73. The summed E-state index contributed by atoms with van der Waals surface area (Å²) in [7, 11) is 0. The van der Waals surface area contributed by atoms with Crippen molar-refractivity contribution in [3.8, 4) is 0 Å². The van der Waals surface area contributed by atoms with Crippen LogP contribution in [-0.2, 0) is 19.2 Å². The third kappa shape index (κ3) is 3.51. The van der Waals surface area contributed by atoms with E-state index in [2.05, 4.69) is 6.58 Å². The number of ketones is 2. The molecule has 0 saturated heterocycles. The molecule has 0 saturated carbocycles. The van der Waals surface area contributed by atoms with Gasteiger partial charge in [0.1, 0.15) is 17.0 Å². The molecule has 0 aliphatic rings. The molecule has 6 nitrogen and oxygen atoms in total. The molecular weight excluding hydrogens is 228 g/mol. The Bertz CT molecular complexity index is 377. The van der Waals surface area contributed by atoms with Gasteiger partial charge in [0.05, 0.1) is 0 Å². The normalized spacial score (nSPS) is 10.7. The van der Waals surface area contributed by atoms with Crippen molar-refractivity contribution in [2.75, 3.05) is 0 Å². The van der Waals surface area contributed by atoms with Gasteiger partial charge >= 0.3 is 11.9 Å². The quantitative estimate of drug-likeness (QED) is 0.634. The van der Waals surface area contributed by atoms with Crippen molar-refractivity contribution < 1.29 is 29.4 Å². The number of carbonyl (C=O) groups excluding carboxylic acids is 2. The van der Waals surface area contributed by atoms with E-state index in [4.69, 9.17) is 10.2 Å². The highest BCUT2D eigenvalue weighted by Crippen LogP contribution is 2.35. The summed E-state index contributed by atoms with van der Waals surface area (Å²) in [4.78, 5) is 44.2. The molecule has 0 radical (unpaired) electrons. The van der Waals surface area contributed by atoms with Gasteiger partial charge in [-0.25, -0.2) is 4.79 Å². The van der Waals surface area contributed by atoms with E-state index in [-0.39, 0.29) is 0 Å². The molecule has 0 heterocycles. The molecule has 0 aromatic heterocycles. The summed E-state index contributed by atoms with van der Waals surface area (Å²) in [5.74, 6) is -4.10. The molecule has 0 unspecified atom stereocenters. The second-order valence-electron chi connectivity index (χ2n) is 3.93. The summed E-state index contributed by atoms with van der Waals surface area (Å²) in [6, 6.07) is 0. The molecule has 0 aliphatic heterocycles. The van der Waals surface area contributed by atoms with Crippen molar-refractivity contribution in [1.29, 1.82) is 0 Å². The summed E-state index contributed by atoms with van der Waals surface area (Å²) >= 11 is 0. The van der Waals surface area contributed by atoms with Gasteiger partial charge in [-0.3, -0.25) is 14.4 Å². The largest absolute Gasteiger partial charge is 0.481 e.